The third-order valence-electron chi connectivity index (χ3n) is 2.32. The predicted molar refractivity (Wildman–Crippen MR) is 66.6 cm³/mol. The summed E-state index contributed by atoms with van der Waals surface area (Å²) in [5.41, 5.74) is 0.639. The summed E-state index contributed by atoms with van der Waals surface area (Å²) in [5, 5.41) is 21.3. The van der Waals surface area contributed by atoms with Crippen LogP contribution in [-0.4, -0.2) is 26.2 Å². The van der Waals surface area contributed by atoms with Crippen LogP contribution in [0.5, 0.6) is 0 Å². The van der Waals surface area contributed by atoms with Crippen LogP contribution in [0.3, 0.4) is 0 Å². The van der Waals surface area contributed by atoms with Gasteiger partial charge in [0.25, 0.3) is 5.69 Å². The lowest BCUT2D eigenvalue weighted by atomic mass is 10.3. The van der Waals surface area contributed by atoms with Crippen molar-refractivity contribution in [3.63, 3.8) is 0 Å². The van der Waals surface area contributed by atoms with Crippen LogP contribution < -0.4 is 5.32 Å². The highest BCUT2D eigenvalue weighted by atomic mass is 35.5. The second-order valence-electron chi connectivity index (χ2n) is 3.55. The second kappa shape index (κ2) is 5.46. The molecule has 2 rings (SSSR count). The molecule has 7 nitrogen and oxygen atoms in total. The van der Waals surface area contributed by atoms with E-state index >= 15 is 0 Å². The first-order valence-corrected chi connectivity index (χ1v) is 5.55. The first-order valence-electron chi connectivity index (χ1n) is 5.17. The minimum Gasteiger partial charge on any atom is -0.382 e. The van der Waals surface area contributed by atoms with E-state index < -0.39 is 4.92 Å². The van der Waals surface area contributed by atoms with Gasteiger partial charge in [0.2, 0.25) is 0 Å². The minimum absolute atomic E-state index is 0.0237. The summed E-state index contributed by atoms with van der Waals surface area (Å²) in [6.07, 6.45) is 3.22. The molecule has 18 heavy (non-hydrogen) atoms. The van der Waals surface area contributed by atoms with Crippen LogP contribution in [0, 0.1) is 10.1 Å². The first-order chi connectivity index (χ1) is 8.66. The Labute approximate surface area is 108 Å². The Hall–Kier alpha value is -2.15. The fourth-order valence-corrected chi connectivity index (χ4v) is 1.66. The molecule has 0 saturated carbocycles. The third-order valence-corrected chi connectivity index (χ3v) is 2.63. The van der Waals surface area contributed by atoms with Crippen LogP contribution in [-0.2, 0) is 6.54 Å². The van der Waals surface area contributed by atoms with E-state index in [2.05, 4.69) is 15.5 Å². The molecule has 0 bridgehead atoms. The molecule has 1 N–H and O–H groups in total. The van der Waals surface area contributed by atoms with Gasteiger partial charge in [-0.3, -0.25) is 10.1 Å². The van der Waals surface area contributed by atoms with Crippen molar-refractivity contribution >= 4 is 23.0 Å². The van der Waals surface area contributed by atoms with Gasteiger partial charge < -0.3 is 9.88 Å². The van der Waals surface area contributed by atoms with Crippen molar-refractivity contribution in [2.75, 3.05) is 11.9 Å². The van der Waals surface area contributed by atoms with Crippen molar-refractivity contribution in [1.82, 2.24) is 14.8 Å². The molecule has 1 aromatic carbocycles. The molecule has 0 radical (unpaired) electrons. The number of non-ortho nitro benzene ring substituents is 1. The van der Waals surface area contributed by atoms with E-state index in [1.54, 1.807) is 18.7 Å². The van der Waals surface area contributed by atoms with E-state index in [0.717, 1.165) is 0 Å². The van der Waals surface area contributed by atoms with Crippen molar-refractivity contribution in [1.29, 1.82) is 0 Å². The summed E-state index contributed by atoms with van der Waals surface area (Å²) >= 11 is 5.94. The number of halogens is 1. The SMILES string of the molecule is O=[N+]([O-])c1ccc(NCCn2cnnc2)c(Cl)c1. The number of hydrogen-bond acceptors (Lipinski definition) is 5. The fourth-order valence-electron chi connectivity index (χ4n) is 1.42. The maximum atomic E-state index is 10.5. The normalized spacial score (nSPS) is 10.3. The molecule has 1 aromatic heterocycles. The van der Waals surface area contributed by atoms with Gasteiger partial charge in [0.05, 0.1) is 15.6 Å². The van der Waals surface area contributed by atoms with Crippen LogP contribution in [0.15, 0.2) is 30.9 Å². The monoisotopic (exact) mass is 267 g/mol. The molecule has 0 aliphatic rings. The van der Waals surface area contributed by atoms with Gasteiger partial charge in [0, 0.05) is 25.2 Å². The smallest absolute Gasteiger partial charge is 0.271 e. The number of hydrogen-bond donors (Lipinski definition) is 1. The molecular weight excluding hydrogens is 258 g/mol. The molecular formula is C10H10ClN5O2. The summed E-state index contributed by atoms with van der Waals surface area (Å²) in [6, 6.07) is 4.32. The molecule has 0 aliphatic heterocycles. The number of nitrogens with one attached hydrogen (secondary N) is 1. The average Bonchev–Trinajstić information content (AvgIpc) is 2.84. The topological polar surface area (TPSA) is 85.9 Å². The van der Waals surface area contributed by atoms with Gasteiger partial charge in [-0.05, 0) is 6.07 Å². The molecule has 8 heteroatoms. The molecule has 0 fully saturated rings. The largest absolute Gasteiger partial charge is 0.382 e. The highest BCUT2D eigenvalue weighted by molar-refractivity contribution is 6.33. The zero-order valence-corrected chi connectivity index (χ0v) is 10.0. The Morgan fingerprint density at radius 3 is 2.72 bits per heavy atom. The molecule has 94 valence electrons. The summed E-state index contributed by atoms with van der Waals surface area (Å²) < 4.78 is 1.81. The Bertz CT molecular complexity index is 543. The van der Waals surface area contributed by atoms with E-state index in [4.69, 9.17) is 11.6 Å². The third kappa shape index (κ3) is 2.95. The molecule has 1 heterocycles. The fraction of sp³-hybridized carbons (Fsp3) is 0.200. The first kappa shape index (κ1) is 12.3. The summed E-state index contributed by atoms with van der Waals surface area (Å²) in [6.45, 7) is 1.30. The molecule has 0 unspecified atom stereocenters. The van der Waals surface area contributed by atoms with Crippen molar-refractivity contribution in [2.45, 2.75) is 6.54 Å². The summed E-state index contributed by atoms with van der Waals surface area (Å²) in [7, 11) is 0. The number of nitro groups is 1. The van der Waals surface area contributed by atoms with Gasteiger partial charge in [-0.1, -0.05) is 11.6 Å². The van der Waals surface area contributed by atoms with Crippen LogP contribution in [0.4, 0.5) is 11.4 Å². The lowest BCUT2D eigenvalue weighted by molar-refractivity contribution is -0.384. The van der Waals surface area contributed by atoms with Crippen LogP contribution in [0.1, 0.15) is 0 Å². The Morgan fingerprint density at radius 2 is 2.11 bits per heavy atom. The van der Waals surface area contributed by atoms with E-state index in [1.165, 1.54) is 12.1 Å². The quantitative estimate of drug-likeness (QED) is 0.661. The van der Waals surface area contributed by atoms with Crippen LogP contribution in [0.25, 0.3) is 0 Å². The van der Waals surface area contributed by atoms with Gasteiger partial charge >= 0.3 is 0 Å². The van der Waals surface area contributed by atoms with Crippen LogP contribution in [0.2, 0.25) is 5.02 Å². The van der Waals surface area contributed by atoms with E-state index in [1.807, 2.05) is 4.57 Å². The maximum absolute atomic E-state index is 10.5. The number of benzene rings is 1. The number of nitrogens with zero attached hydrogens (tertiary/aromatic N) is 4. The van der Waals surface area contributed by atoms with Gasteiger partial charge in [0.1, 0.15) is 12.7 Å². The molecule has 0 saturated heterocycles. The van der Waals surface area contributed by atoms with E-state index in [9.17, 15) is 10.1 Å². The van der Waals surface area contributed by atoms with Crippen molar-refractivity contribution in [3.8, 4) is 0 Å². The average molecular weight is 268 g/mol. The van der Waals surface area contributed by atoms with Crippen molar-refractivity contribution in [3.05, 3.63) is 46.0 Å². The van der Waals surface area contributed by atoms with E-state index in [-0.39, 0.29) is 5.69 Å². The number of anilines is 1. The molecule has 0 aliphatic carbocycles. The van der Waals surface area contributed by atoms with Crippen LogP contribution >= 0.6 is 11.6 Å². The number of aromatic nitrogens is 3. The summed E-state index contributed by atoms with van der Waals surface area (Å²) in [4.78, 5) is 10.1. The van der Waals surface area contributed by atoms with Crippen molar-refractivity contribution < 1.29 is 4.92 Å². The van der Waals surface area contributed by atoms with Gasteiger partial charge in [-0.25, -0.2) is 0 Å². The zero-order valence-electron chi connectivity index (χ0n) is 9.28. The number of rotatable bonds is 5. The number of nitro benzene ring substituents is 1. The van der Waals surface area contributed by atoms with E-state index in [0.29, 0.717) is 23.8 Å². The maximum Gasteiger partial charge on any atom is 0.271 e. The lowest BCUT2D eigenvalue weighted by Crippen LogP contribution is -2.09. The Balaban J connectivity index is 1.95. The molecule has 0 spiro atoms. The van der Waals surface area contributed by atoms with Crippen molar-refractivity contribution in [2.24, 2.45) is 0 Å². The molecule has 0 amide bonds. The van der Waals surface area contributed by atoms with Gasteiger partial charge in [-0.15, -0.1) is 10.2 Å². The highest BCUT2D eigenvalue weighted by Crippen LogP contribution is 2.26. The Kier molecular flexibility index (Phi) is 3.73. The molecule has 2 aromatic rings. The highest BCUT2D eigenvalue weighted by Gasteiger charge is 2.08. The summed E-state index contributed by atoms with van der Waals surface area (Å²) in [5.74, 6) is 0. The molecule has 0 atom stereocenters. The Morgan fingerprint density at radius 1 is 1.39 bits per heavy atom. The minimum atomic E-state index is -0.479. The predicted octanol–water partition coefficient (Wildman–Crippen LogP) is 1.95. The zero-order chi connectivity index (χ0) is 13.0. The van der Waals surface area contributed by atoms with Gasteiger partial charge in [-0.2, -0.15) is 0 Å². The lowest BCUT2D eigenvalue weighted by Gasteiger charge is -2.08. The second-order valence-corrected chi connectivity index (χ2v) is 3.95. The van der Waals surface area contributed by atoms with Gasteiger partial charge in [0.15, 0.2) is 0 Å². The standard InChI is InChI=1S/C10H10ClN5O2/c11-9-5-8(16(17)18)1-2-10(9)12-3-4-15-6-13-14-7-15/h1-2,5-7,12H,3-4H2.